The number of nitrogens with two attached hydrogens (primary N) is 1. The van der Waals surface area contributed by atoms with Crippen LogP contribution in [0, 0.1) is 5.82 Å². The lowest BCUT2D eigenvalue weighted by Crippen LogP contribution is -2.50. The highest BCUT2D eigenvalue weighted by Gasteiger charge is 2.33. The second-order valence-corrected chi connectivity index (χ2v) is 6.97. The maximum Gasteiger partial charge on any atom is 0.249 e. The van der Waals surface area contributed by atoms with Crippen molar-refractivity contribution in [2.45, 2.75) is 64.0 Å². The SMILES string of the molecule is CCCN(C1CCCCC1)[C@H]1COc2c(F)ccc(C(N)=O)c2C1. The van der Waals surface area contributed by atoms with E-state index in [9.17, 15) is 9.18 Å². The number of amides is 1. The Kier molecular flexibility index (Phi) is 5.39. The Labute approximate surface area is 143 Å². The second-order valence-electron chi connectivity index (χ2n) is 6.97. The first-order valence-corrected chi connectivity index (χ1v) is 9.11. The summed E-state index contributed by atoms with van der Waals surface area (Å²) < 4.78 is 19.8. The van der Waals surface area contributed by atoms with E-state index in [0.29, 0.717) is 30.2 Å². The molecule has 0 bridgehead atoms. The van der Waals surface area contributed by atoms with E-state index in [4.69, 9.17) is 10.5 Å². The van der Waals surface area contributed by atoms with Crippen LogP contribution >= 0.6 is 0 Å². The highest BCUT2D eigenvalue weighted by Crippen LogP contribution is 2.34. The topological polar surface area (TPSA) is 55.6 Å². The molecule has 1 aromatic carbocycles. The van der Waals surface area contributed by atoms with Crippen molar-refractivity contribution in [3.8, 4) is 5.75 Å². The number of rotatable bonds is 5. The fourth-order valence-electron chi connectivity index (χ4n) is 4.21. The van der Waals surface area contributed by atoms with Gasteiger partial charge in [0.15, 0.2) is 11.6 Å². The minimum Gasteiger partial charge on any atom is -0.489 e. The molecule has 0 saturated heterocycles. The number of halogens is 1. The minimum atomic E-state index is -0.518. The van der Waals surface area contributed by atoms with E-state index in [1.165, 1.54) is 44.2 Å². The van der Waals surface area contributed by atoms with E-state index in [2.05, 4.69) is 11.8 Å². The van der Waals surface area contributed by atoms with Gasteiger partial charge in [-0.25, -0.2) is 4.39 Å². The van der Waals surface area contributed by atoms with Gasteiger partial charge in [0.05, 0.1) is 0 Å². The van der Waals surface area contributed by atoms with Gasteiger partial charge in [-0.2, -0.15) is 0 Å². The van der Waals surface area contributed by atoms with E-state index in [1.54, 1.807) is 0 Å². The van der Waals surface area contributed by atoms with Crippen molar-refractivity contribution in [1.29, 1.82) is 0 Å². The zero-order valence-corrected chi connectivity index (χ0v) is 14.4. The molecule has 3 rings (SSSR count). The summed E-state index contributed by atoms with van der Waals surface area (Å²) in [5.74, 6) is -0.717. The second kappa shape index (κ2) is 7.51. The fraction of sp³-hybridized carbons (Fsp3) is 0.632. The van der Waals surface area contributed by atoms with Gasteiger partial charge in [0.25, 0.3) is 0 Å². The molecule has 24 heavy (non-hydrogen) atoms. The van der Waals surface area contributed by atoms with Crippen molar-refractivity contribution < 1.29 is 13.9 Å². The summed E-state index contributed by atoms with van der Waals surface area (Å²) in [5, 5.41) is 0. The molecule has 1 fully saturated rings. The number of nitrogens with zero attached hydrogens (tertiary/aromatic N) is 1. The molecule has 2 N–H and O–H groups in total. The van der Waals surface area contributed by atoms with Gasteiger partial charge >= 0.3 is 0 Å². The molecule has 1 aliphatic carbocycles. The van der Waals surface area contributed by atoms with E-state index < -0.39 is 11.7 Å². The third kappa shape index (κ3) is 3.41. The molecular weight excluding hydrogens is 307 g/mol. The zero-order chi connectivity index (χ0) is 17.1. The summed E-state index contributed by atoms with van der Waals surface area (Å²) in [7, 11) is 0. The van der Waals surface area contributed by atoms with E-state index >= 15 is 0 Å². The molecule has 1 saturated carbocycles. The Morgan fingerprint density at radius 2 is 2.04 bits per heavy atom. The molecule has 1 aromatic rings. The van der Waals surface area contributed by atoms with Gasteiger partial charge in [0.1, 0.15) is 6.61 Å². The lowest BCUT2D eigenvalue weighted by atomic mass is 9.90. The Morgan fingerprint density at radius 3 is 2.71 bits per heavy atom. The maximum absolute atomic E-state index is 14.1. The lowest BCUT2D eigenvalue weighted by Gasteiger charge is -2.42. The fourth-order valence-corrected chi connectivity index (χ4v) is 4.21. The normalized spacial score (nSPS) is 21.4. The molecule has 1 aliphatic heterocycles. The molecule has 0 aromatic heterocycles. The van der Waals surface area contributed by atoms with Crippen molar-refractivity contribution in [2.75, 3.05) is 13.2 Å². The maximum atomic E-state index is 14.1. The predicted molar refractivity (Wildman–Crippen MR) is 91.8 cm³/mol. The largest absolute Gasteiger partial charge is 0.489 e. The van der Waals surface area contributed by atoms with Crippen LogP contribution in [0.3, 0.4) is 0 Å². The van der Waals surface area contributed by atoms with Crippen LogP contribution < -0.4 is 10.5 Å². The van der Waals surface area contributed by atoms with Gasteiger partial charge in [0, 0.05) is 23.2 Å². The van der Waals surface area contributed by atoms with Crippen LogP contribution in [0.4, 0.5) is 4.39 Å². The van der Waals surface area contributed by atoms with E-state index in [1.807, 2.05) is 0 Å². The van der Waals surface area contributed by atoms with Crippen molar-refractivity contribution in [2.24, 2.45) is 5.73 Å². The third-order valence-corrected chi connectivity index (χ3v) is 5.33. The quantitative estimate of drug-likeness (QED) is 0.899. The number of carbonyl (C=O) groups excluding carboxylic acids is 1. The molecule has 0 unspecified atom stereocenters. The molecule has 1 amide bonds. The van der Waals surface area contributed by atoms with Gasteiger partial charge in [0.2, 0.25) is 5.91 Å². The van der Waals surface area contributed by atoms with Crippen LogP contribution in [0.2, 0.25) is 0 Å². The number of benzene rings is 1. The average molecular weight is 334 g/mol. The van der Waals surface area contributed by atoms with Crippen LogP contribution in [0.15, 0.2) is 12.1 Å². The van der Waals surface area contributed by atoms with Crippen LogP contribution in [0.25, 0.3) is 0 Å². The van der Waals surface area contributed by atoms with Gasteiger partial charge < -0.3 is 10.5 Å². The van der Waals surface area contributed by atoms with Crippen molar-refractivity contribution in [3.63, 3.8) is 0 Å². The standard InChI is InChI=1S/C19H27FN2O2/c1-2-10-22(13-6-4-3-5-7-13)14-11-16-15(19(21)23)8-9-17(20)18(16)24-12-14/h8-9,13-14H,2-7,10-12H2,1H3,(H2,21,23)/t14-/m1/s1. The summed E-state index contributed by atoms with van der Waals surface area (Å²) in [6.45, 7) is 3.67. The van der Waals surface area contributed by atoms with Gasteiger partial charge in [-0.05, 0) is 44.4 Å². The number of primary amides is 1. The summed E-state index contributed by atoms with van der Waals surface area (Å²) in [6, 6.07) is 3.50. The highest BCUT2D eigenvalue weighted by atomic mass is 19.1. The zero-order valence-electron chi connectivity index (χ0n) is 14.4. The lowest BCUT2D eigenvalue weighted by molar-refractivity contribution is 0.0602. The smallest absolute Gasteiger partial charge is 0.249 e. The minimum absolute atomic E-state index is 0.181. The first kappa shape index (κ1) is 17.2. The summed E-state index contributed by atoms with van der Waals surface area (Å²) in [6.07, 6.45) is 8.00. The van der Waals surface area contributed by atoms with Crippen LogP contribution in [0.5, 0.6) is 5.75 Å². The Bertz CT molecular complexity index is 599. The number of fused-ring (bicyclic) bond motifs is 1. The molecule has 4 nitrogen and oxygen atoms in total. The first-order valence-electron chi connectivity index (χ1n) is 9.11. The molecule has 1 heterocycles. The van der Waals surface area contributed by atoms with Crippen molar-refractivity contribution >= 4 is 5.91 Å². The average Bonchev–Trinajstić information content (AvgIpc) is 2.60. The molecule has 0 spiro atoms. The van der Waals surface area contributed by atoms with E-state index in [0.717, 1.165) is 13.0 Å². The third-order valence-electron chi connectivity index (χ3n) is 5.33. The molecule has 132 valence electrons. The molecule has 5 heteroatoms. The Hall–Kier alpha value is -1.62. The molecule has 0 radical (unpaired) electrons. The van der Waals surface area contributed by atoms with Gasteiger partial charge in [-0.3, -0.25) is 9.69 Å². The van der Waals surface area contributed by atoms with Crippen molar-refractivity contribution in [3.05, 3.63) is 29.1 Å². The van der Waals surface area contributed by atoms with Gasteiger partial charge in [-0.1, -0.05) is 26.2 Å². The van der Waals surface area contributed by atoms with Crippen molar-refractivity contribution in [1.82, 2.24) is 4.90 Å². The Morgan fingerprint density at radius 1 is 1.29 bits per heavy atom. The number of hydrogen-bond acceptors (Lipinski definition) is 3. The molecule has 2 aliphatic rings. The Balaban J connectivity index is 1.86. The van der Waals surface area contributed by atoms with Crippen LogP contribution in [-0.4, -0.2) is 36.0 Å². The number of ether oxygens (including phenoxy) is 1. The predicted octanol–water partition coefficient (Wildman–Crippen LogP) is 3.27. The molecule has 1 atom stereocenters. The molecular formula is C19H27FN2O2. The number of carbonyl (C=O) groups is 1. The van der Waals surface area contributed by atoms with Crippen LogP contribution in [-0.2, 0) is 6.42 Å². The summed E-state index contributed by atoms with van der Waals surface area (Å²) in [4.78, 5) is 14.2. The van der Waals surface area contributed by atoms with Crippen LogP contribution in [0.1, 0.15) is 61.4 Å². The van der Waals surface area contributed by atoms with Gasteiger partial charge in [-0.15, -0.1) is 0 Å². The van der Waals surface area contributed by atoms with E-state index in [-0.39, 0.29) is 11.8 Å². The monoisotopic (exact) mass is 334 g/mol. The summed E-state index contributed by atoms with van der Waals surface area (Å²) >= 11 is 0. The number of hydrogen-bond donors (Lipinski definition) is 1. The highest BCUT2D eigenvalue weighted by molar-refractivity contribution is 5.95. The first-order chi connectivity index (χ1) is 11.6. The summed E-state index contributed by atoms with van der Waals surface area (Å²) in [5.41, 5.74) is 6.50.